The Morgan fingerprint density at radius 3 is 1.96 bits per heavy atom. The van der Waals surface area contributed by atoms with Crippen LogP contribution in [-0.2, 0) is 4.79 Å². The molecule has 2 heterocycles. The summed E-state index contributed by atoms with van der Waals surface area (Å²) in [5, 5.41) is 0. The van der Waals surface area contributed by atoms with Gasteiger partial charge in [-0.2, -0.15) is 0 Å². The number of rotatable bonds is 4. The van der Waals surface area contributed by atoms with Crippen molar-refractivity contribution in [3.63, 3.8) is 0 Å². The molecule has 0 N–H and O–H groups in total. The average molecular weight is 338 g/mol. The highest BCUT2D eigenvalue weighted by molar-refractivity contribution is 5.79. The minimum Gasteiger partial charge on any atom is -0.340 e. The van der Waals surface area contributed by atoms with E-state index in [-0.39, 0.29) is 11.5 Å². The lowest BCUT2D eigenvalue weighted by molar-refractivity contribution is -0.139. The second kappa shape index (κ2) is 8.18. The van der Waals surface area contributed by atoms with E-state index in [1.54, 1.807) is 0 Å². The van der Waals surface area contributed by atoms with Crippen LogP contribution in [0.5, 0.6) is 0 Å². The van der Waals surface area contributed by atoms with Gasteiger partial charge in [-0.3, -0.25) is 9.69 Å². The maximum absolute atomic E-state index is 12.8. The molecule has 4 heteroatoms. The molecule has 1 atom stereocenters. The van der Waals surface area contributed by atoms with Gasteiger partial charge in [0.1, 0.15) is 0 Å². The molecule has 24 heavy (non-hydrogen) atoms. The average Bonchev–Trinajstić information content (AvgIpc) is 2.54. The van der Waals surface area contributed by atoms with Crippen LogP contribution in [0.25, 0.3) is 0 Å². The third kappa shape index (κ3) is 5.19. The number of nitrogens with zero attached hydrogens (tertiary/aromatic N) is 3. The van der Waals surface area contributed by atoms with E-state index in [0.717, 1.165) is 63.9 Å². The van der Waals surface area contributed by atoms with Gasteiger partial charge in [0.15, 0.2) is 0 Å². The van der Waals surface area contributed by atoms with Crippen LogP contribution in [0.2, 0.25) is 0 Å². The van der Waals surface area contributed by atoms with Crippen molar-refractivity contribution in [3.05, 3.63) is 0 Å². The lowest BCUT2D eigenvalue weighted by atomic mass is 9.92. The second-order valence-electron chi connectivity index (χ2n) is 9.28. The number of likely N-dealkylation sites (tertiary alicyclic amines) is 1. The van der Waals surface area contributed by atoms with Crippen LogP contribution in [0.4, 0.5) is 0 Å². The molecule has 2 aliphatic rings. The number of hydrogen-bond donors (Lipinski definition) is 0. The van der Waals surface area contributed by atoms with Crippen LogP contribution in [0.1, 0.15) is 54.4 Å². The molecule has 0 spiro atoms. The maximum Gasteiger partial charge on any atom is 0.225 e. The molecular weight excluding hydrogens is 298 g/mol. The molecule has 140 valence electrons. The monoisotopic (exact) mass is 337 g/mol. The molecule has 0 aromatic carbocycles. The van der Waals surface area contributed by atoms with E-state index in [4.69, 9.17) is 0 Å². The Balaban J connectivity index is 1.75. The third-order valence-electron chi connectivity index (χ3n) is 6.16. The van der Waals surface area contributed by atoms with Crippen molar-refractivity contribution < 1.29 is 4.79 Å². The van der Waals surface area contributed by atoms with Gasteiger partial charge in [-0.1, -0.05) is 20.8 Å². The molecule has 0 bridgehead atoms. The smallest absolute Gasteiger partial charge is 0.225 e. The van der Waals surface area contributed by atoms with E-state index in [1.165, 1.54) is 6.54 Å². The van der Waals surface area contributed by atoms with Gasteiger partial charge < -0.3 is 9.80 Å². The van der Waals surface area contributed by atoms with Crippen LogP contribution in [0, 0.1) is 17.8 Å². The Hall–Kier alpha value is -0.610. The molecule has 0 aromatic heterocycles. The number of piperidine rings is 1. The standard InChI is InChI=1S/C20H39N3O/c1-16(2)17(3)15-21-9-7-18(8-10-21)19(24)22-11-13-23(14-12-22)20(4,5)6/h16-18H,7-15H2,1-6H3/t17-/m0/s1. The van der Waals surface area contributed by atoms with Crippen molar-refractivity contribution in [1.82, 2.24) is 14.7 Å². The molecule has 0 unspecified atom stereocenters. The summed E-state index contributed by atoms with van der Waals surface area (Å²) in [6.07, 6.45) is 2.09. The topological polar surface area (TPSA) is 26.8 Å². The zero-order chi connectivity index (χ0) is 17.9. The van der Waals surface area contributed by atoms with Gasteiger partial charge >= 0.3 is 0 Å². The van der Waals surface area contributed by atoms with Crippen molar-refractivity contribution >= 4 is 5.91 Å². The van der Waals surface area contributed by atoms with Gasteiger partial charge in [0.2, 0.25) is 5.91 Å². The highest BCUT2D eigenvalue weighted by Crippen LogP contribution is 2.23. The van der Waals surface area contributed by atoms with E-state index in [9.17, 15) is 4.79 Å². The fourth-order valence-electron chi connectivity index (χ4n) is 3.84. The number of hydrogen-bond acceptors (Lipinski definition) is 3. The van der Waals surface area contributed by atoms with Crippen LogP contribution in [0.15, 0.2) is 0 Å². The molecule has 4 nitrogen and oxygen atoms in total. The Morgan fingerprint density at radius 1 is 0.958 bits per heavy atom. The summed E-state index contributed by atoms with van der Waals surface area (Å²) in [5.74, 6) is 2.16. The van der Waals surface area contributed by atoms with Crippen molar-refractivity contribution in [1.29, 1.82) is 0 Å². The quantitative estimate of drug-likeness (QED) is 0.789. The molecule has 2 rings (SSSR count). The van der Waals surface area contributed by atoms with Crippen LogP contribution >= 0.6 is 0 Å². The Morgan fingerprint density at radius 2 is 1.50 bits per heavy atom. The van der Waals surface area contributed by atoms with E-state index in [1.807, 2.05) is 0 Å². The molecule has 0 radical (unpaired) electrons. The van der Waals surface area contributed by atoms with Gasteiger partial charge in [0.25, 0.3) is 0 Å². The molecule has 0 aromatic rings. The maximum atomic E-state index is 12.8. The number of piperazine rings is 1. The molecule has 2 saturated heterocycles. The second-order valence-corrected chi connectivity index (χ2v) is 9.28. The first-order valence-electron chi connectivity index (χ1n) is 9.94. The molecule has 0 aliphatic carbocycles. The zero-order valence-corrected chi connectivity index (χ0v) is 16.8. The largest absolute Gasteiger partial charge is 0.340 e. The summed E-state index contributed by atoms with van der Waals surface area (Å²) in [6.45, 7) is 20.9. The summed E-state index contributed by atoms with van der Waals surface area (Å²) in [4.78, 5) is 20.0. The Kier molecular flexibility index (Phi) is 6.72. The van der Waals surface area contributed by atoms with Gasteiger partial charge in [-0.15, -0.1) is 0 Å². The zero-order valence-electron chi connectivity index (χ0n) is 16.8. The summed E-state index contributed by atoms with van der Waals surface area (Å²) in [5.41, 5.74) is 0.216. The Bertz CT molecular complexity index is 400. The number of carbonyl (C=O) groups excluding carboxylic acids is 1. The summed E-state index contributed by atoms with van der Waals surface area (Å²) in [7, 11) is 0. The van der Waals surface area contributed by atoms with E-state index in [2.05, 4.69) is 56.2 Å². The van der Waals surface area contributed by atoms with Crippen molar-refractivity contribution in [2.75, 3.05) is 45.8 Å². The molecule has 2 aliphatic heterocycles. The van der Waals surface area contributed by atoms with E-state index >= 15 is 0 Å². The minimum absolute atomic E-state index is 0.216. The molecule has 2 fully saturated rings. The normalized spacial score (nSPS) is 23.7. The van der Waals surface area contributed by atoms with Crippen molar-refractivity contribution in [2.45, 2.75) is 59.9 Å². The summed E-state index contributed by atoms with van der Waals surface area (Å²) in [6, 6.07) is 0. The first-order chi connectivity index (χ1) is 11.2. The van der Waals surface area contributed by atoms with Crippen LogP contribution in [0.3, 0.4) is 0 Å². The van der Waals surface area contributed by atoms with E-state index in [0.29, 0.717) is 5.91 Å². The first-order valence-corrected chi connectivity index (χ1v) is 9.94. The fourth-order valence-corrected chi connectivity index (χ4v) is 3.84. The van der Waals surface area contributed by atoms with Gasteiger partial charge in [0, 0.05) is 44.2 Å². The van der Waals surface area contributed by atoms with Gasteiger partial charge in [-0.25, -0.2) is 0 Å². The van der Waals surface area contributed by atoms with E-state index < -0.39 is 0 Å². The lowest BCUT2D eigenvalue weighted by Gasteiger charge is -2.43. The predicted molar refractivity (Wildman–Crippen MR) is 101 cm³/mol. The highest BCUT2D eigenvalue weighted by atomic mass is 16.2. The summed E-state index contributed by atoms with van der Waals surface area (Å²) >= 11 is 0. The minimum atomic E-state index is 0.216. The highest BCUT2D eigenvalue weighted by Gasteiger charge is 2.32. The summed E-state index contributed by atoms with van der Waals surface area (Å²) < 4.78 is 0. The molecule has 0 saturated carbocycles. The molecular formula is C20H39N3O. The number of amides is 1. The predicted octanol–water partition coefficient (Wildman–Crippen LogP) is 2.93. The first kappa shape index (κ1) is 19.7. The fraction of sp³-hybridized carbons (Fsp3) is 0.950. The SMILES string of the molecule is CC(C)[C@@H](C)CN1CCC(C(=O)N2CCN(C(C)(C)C)CC2)CC1. The Labute approximate surface area is 149 Å². The lowest BCUT2D eigenvalue weighted by Crippen LogP contribution is -2.56. The van der Waals surface area contributed by atoms with Crippen molar-refractivity contribution in [2.24, 2.45) is 17.8 Å². The van der Waals surface area contributed by atoms with Crippen LogP contribution in [-0.4, -0.2) is 72.0 Å². The van der Waals surface area contributed by atoms with Crippen molar-refractivity contribution in [3.8, 4) is 0 Å². The van der Waals surface area contributed by atoms with Gasteiger partial charge in [-0.05, 0) is 58.5 Å². The number of carbonyl (C=O) groups is 1. The molecule has 1 amide bonds. The van der Waals surface area contributed by atoms with Crippen LogP contribution < -0.4 is 0 Å². The van der Waals surface area contributed by atoms with Gasteiger partial charge in [0.05, 0.1) is 0 Å². The third-order valence-corrected chi connectivity index (χ3v) is 6.16.